The van der Waals surface area contributed by atoms with Crippen LogP contribution in [0, 0.1) is 19.8 Å². The number of hydrogen-bond donors (Lipinski definition) is 2. The number of ether oxygens (including phenoxy) is 3. The van der Waals surface area contributed by atoms with Gasteiger partial charge in [-0.05, 0) is 84.4 Å². The Bertz CT molecular complexity index is 1370. The minimum Gasteiger partial charge on any atom is -0.448 e. The summed E-state index contributed by atoms with van der Waals surface area (Å²) in [6.07, 6.45) is 3.25. The minimum absolute atomic E-state index is 0.0153. The summed E-state index contributed by atoms with van der Waals surface area (Å²) in [7, 11) is 1.59. The van der Waals surface area contributed by atoms with Crippen LogP contribution in [0.15, 0.2) is 16.9 Å². The second kappa shape index (κ2) is 11.0. The third-order valence-electron chi connectivity index (χ3n) is 7.71. The number of carbonyl (C=O) groups excluding carboxylic acids is 2. The van der Waals surface area contributed by atoms with Gasteiger partial charge in [-0.15, -0.1) is 0 Å². The fourth-order valence-electron chi connectivity index (χ4n) is 5.64. The number of amides is 2. The molecule has 40 heavy (non-hydrogen) atoms. The van der Waals surface area contributed by atoms with E-state index in [2.05, 4.69) is 10.3 Å². The molecule has 0 spiro atoms. The number of pyridine rings is 1. The van der Waals surface area contributed by atoms with Gasteiger partial charge in [-0.2, -0.15) is 0 Å². The standard InChI is InChI=1S/C30H40ClN3O6/c1-9-18-14-16(2)32-26(35)23(18)34(8)27(36)21-15-22(31)25-24(17(21)3)38-30(7,39-25)19-10-12-20(13-11-19)33-28(37)40-29(4,5)6/h14-15,19-20H,9-13H2,1-8H3,(H,32,35)(H,33,37)/t19-,20-,30?. The van der Waals surface area contributed by atoms with Crippen LogP contribution in [-0.2, 0) is 11.2 Å². The van der Waals surface area contributed by atoms with Crippen molar-refractivity contribution in [2.45, 2.75) is 98.0 Å². The Morgan fingerprint density at radius 3 is 2.38 bits per heavy atom. The van der Waals surface area contributed by atoms with Crippen LogP contribution in [0.3, 0.4) is 0 Å². The number of benzene rings is 1. The molecule has 1 aromatic carbocycles. The predicted octanol–water partition coefficient (Wildman–Crippen LogP) is 6.06. The monoisotopic (exact) mass is 573 g/mol. The molecule has 2 amide bonds. The molecule has 2 aliphatic rings. The Balaban J connectivity index is 1.51. The Kier molecular flexibility index (Phi) is 8.18. The quantitative estimate of drug-likeness (QED) is 0.450. The van der Waals surface area contributed by atoms with E-state index in [4.69, 9.17) is 25.8 Å². The van der Waals surface area contributed by atoms with E-state index in [0.717, 1.165) is 36.9 Å². The predicted molar refractivity (Wildman–Crippen MR) is 155 cm³/mol. The van der Waals surface area contributed by atoms with Crippen molar-refractivity contribution in [3.8, 4) is 11.5 Å². The smallest absolute Gasteiger partial charge is 0.407 e. The van der Waals surface area contributed by atoms with Crippen LogP contribution in [0.5, 0.6) is 11.5 Å². The summed E-state index contributed by atoms with van der Waals surface area (Å²) in [5.74, 6) is -0.430. The number of hydrogen-bond acceptors (Lipinski definition) is 6. The lowest BCUT2D eigenvalue weighted by Gasteiger charge is -2.37. The summed E-state index contributed by atoms with van der Waals surface area (Å²) in [6, 6.07) is 3.48. The third kappa shape index (κ3) is 5.94. The van der Waals surface area contributed by atoms with E-state index in [9.17, 15) is 14.4 Å². The summed E-state index contributed by atoms with van der Waals surface area (Å²) >= 11 is 6.65. The molecule has 1 unspecified atom stereocenters. The number of nitrogens with zero attached hydrogens (tertiary/aromatic N) is 1. The molecule has 1 aromatic heterocycles. The first-order valence-corrected chi connectivity index (χ1v) is 14.2. The van der Waals surface area contributed by atoms with Crippen LogP contribution in [0.4, 0.5) is 10.5 Å². The first-order chi connectivity index (χ1) is 18.6. The Labute approximate surface area is 240 Å². The molecule has 0 radical (unpaired) electrons. The van der Waals surface area contributed by atoms with Crippen molar-refractivity contribution in [1.82, 2.24) is 10.3 Å². The molecule has 1 saturated carbocycles. The highest BCUT2D eigenvalue weighted by Gasteiger charge is 2.47. The van der Waals surface area contributed by atoms with Crippen molar-refractivity contribution in [3.05, 3.63) is 49.9 Å². The maximum absolute atomic E-state index is 13.7. The van der Waals surface area contributed by atoms with Crippen molar-refractivity contribution in [2.75, 3.05) is 11.9 Å². The number of alkyl carbamates (subject to hydrolysis) is 1. The van der Waals surface area contributed by atoms with Gasteiger partial charge in [0.25, 0.3) is 17.3 Å². The van der Waals surface area contributed by atoms with Crippen molar-refractivity contribution >= 4 is 29.3 Å². The number of H-pyrrole nitrogens is 1. The molecule has 0 bridgehead atoms. The number of anilines is 1. The zero-order valence-corrected chi connectivity index (χ0v) is 25.4. The second-order valence-electron chi connectivity index (χ2n) is 12.0. The van der Waals surface area contributed by atoms with Gasteiger partial charge in [0.05, 0.1) is 5.02 Å². The van der Waals surface area contributed by atoms with Crippen molar-refractivity contribution in [3.63, 3.8) is 0 Å². The highest BCUT2D eigenvalue weighted by atomic mass is 35.5. The minimum atomic E-state index is -0.968. The zero-order chi connectivity index (χ0) is 29.6. The second-order valence-corrected chi connectivity index (χ2v) is 12.4. The van der Waals surface area contributed by atoms with E-state index >= 15 is 0 Å². The lowest BCUT2D eigenvalue weighted by atomic mass is 9.81. The molecular formula is C30H40ClN3O6. The number of fused-ring (bicyclic) bond motifs is 1. The molecule has 0 saturated heterocycles. The molecule has 9 nitrogen and oxygen atoms in total. The van der Waals surface area contributed by atoms with Gasteiger partial charge in [0.1, 0.15) is 11.3 Å². The van der Waals surface area contributed by atoms with Gasteiger partial charge in [-0.3, -0.25) is 9.59 Å². The summed E-state index contributed by atoms with van der Waals surface area (Å²) < 4.78 is 18.2. The lowest BCUT2D eigenvalue weighted by molar-refractivity contribution is -0.121. The molecular weight excluding hydrogens is 534 g/mol. The molecule has 4 rings (SSSR count). The third-order valence-corrected chi connectivity index (χ3v) is 7.99. The van der Waals surface area contributed by atoms with Crippen LogP contribution < -0.4 is 25.2 Å². The molecule has 2 aromatic rings. The molecule has 10 heteroatoms. The number of aromatic amines is 1. The first-order valence-electron chi connectivity index (χ1n) is 13.8. The molecule has 1 aliphatic carbocycles. The Hall–Kier alpha value is -3.20. The maximum Gasteiger partial charge on any atom is 0.407 e. The lowest BCUT2D eigenvalue weighted by Crippen LogP contribution is -2.48. The average Bonchev–Trinajstić information content (AvgIpc) is 3.24. The van der Waals surface area contributed by atoms with E-state index in [-0.39, 0.29) is 28.4 Å². The largest absolute Gasteiger partial charge is 0.448 e. The average molecular weight is 574 g/mol. The fourth-order valence-corrected chi connectivity index (χ4v) is 5.87. The van der Waals surface area contributed by atoms with Gasteiger partial charge in [-0.1, -0.05) is 18.5 Å². The SMILES string of the molecule is CCc1cc(C)[nH]c(=O)c1N(C)C(=O)c1cc(Cl)c2c(c1C)OC(C)([C@H]1CC[C@H](NC(=O)OC(C)(C)C)CC1)O2. The molecule has 218 valence electrons. The molecule has 1 fully saturated rings. The number of aromatic nitrogens is 1. The van der Waals surface area contributed by atoms with E-state index in [1.165, 1.54) is 4.90 Å². The normalized spacial score (nSPS) is 22.1. The highest BCUT2D eigenvalue weighted by molar-refractivity contribution is 6.33. The number of nitrogens with one attached hydrogen (secondary N) is 2. The number of aryl methyl sites for hydroxylation is 2. The van der Waals surface area contributed by atoms with Crippen molar-refractivity contribution in [1.29, 1.82) is 0 Å². The molecule has 1 aliphatic heterocycles. The van der Waals surface area contributed by atoms with Gasteiger partial charge < -0.3 is 29.4 Å². The van der Waals surface area contributed by atoms with Crippen LogP contribution in [0.2, 0.25) is 5.02 Å². The number of rotatable bonds is 5. The van der Waals surface area contributed by atoms with E-state index < -0.39 is 17.5 Å². The van der Waals surface area contributed by atoms with E-state index in [0.29, 0.717) is 34.7 Å². The van der Waals surface area contributed by atoms with Crippen LogP contribution in [0.1, 0.15) is 87.5 Å². The van der Waals surface area contributed by atoms with E-state index in [1.807, 2.05) is 47.6 Å². The summed E-state index contributed by atoms with van der Waals surface area (Å²) in [6.45, 7) is 13.0. The molecule has 2 heterocycles. The van der Waals surface area contributed by atoms with Gasteiger partial charge in [-0.25, -0.2) is 4.79 Å². The van der Waals surface area contributed by atoms with Crippen LogP contribution in [0.25, 0.3) is 0 Å². The Morgan fingerprint density at radius 2 is 1.77 bits per heavy atom. The highest BCUT2D eigenvalue weighted by Crippen LogP contribution is 2.51. The van der Waals surface area contributed by atoms with E-state index in [1.54, 1.807) is 20.0 Å². The van der Waals surface area contributed by atoms with Crippen molar-refractivity contribution < 1.29 is 23.8 Å². The van der Waals surface area contributed by atoms with Crippen LogP contribution >= 0.6 is 11.6 Å². The fraction of sp³-hybridized carbons (Fsp3) is 0.567. The molecule has 1 atom stereocenters. The van der Waals surface area contributed by atoms with Gasteiger partial charge in [0, 0.05) is 42.8 Å². The zero-order valence-electron chi connectivity index (χ0n) is 24.6. The number of carbonyl (C=O) groups is 2. The van der Waals surface area contributed by atoms with Gasteiger partial charge in [0.15, 0.2) is 11.5 Å². The van der Waals surface area contributed by atoms with Crippen molar-refractivity contribution in [2.24, 2.45) is 5.92 Å². The maximum atomic E-state index is 13.7. The summed E-state index contributed by atoms with van der Waals surface area (Å²) in [5.41, 5.74) is 1.91. The van der Waals surface area contributed by atoms with Gasteiger partial charge >= 0.3 is 6.09 Å². The topological polar surface area (TPSA) is 110 Å². The summed E-state index contributed by atoms with van der Waals surface area (Å²) in [5, 5.41) is 3.24. The Morgan fingerprint density at radius 1 is 1.15 bits per heavy atom. The van der Waals surface area contributed by atoms with Crippen LogP contribution in [-0.4, -0.2) is 41.5 Å². The first kappa shape index (κ1) is 29.8. The summed E-state index contributed by atoms with van der Waals surface area (Å²) in [4.78, 5) is 42.8. The van der Waals surface area contributed by atoms with Gasteiger partial charge in [0.2, 0.25) is 0 Å². The number of halogens is 1. The molecule has 2 N–H and O–H groups in total.